The number of hydrogen-bond donors (Lipinski definition) is 2. The smallest absolute Gasteiger partial charge is 0.344 e. The Bertz CT molecular complexity index is 1980. The number of nitrogens with zero attached hydrogens (tertiary/aromatic N) is 2. The van der Waals surface area contributed by atoms with Crippen LogP contribution >= 0.6 is 23.2 Å². The Morgan fingerprint density at radius 1 is 0.737 bits per heavy atom. The minimum absolute atomic E-state index is 0.00556. The van der Waals surface area contributed by atoms with Gasteiger partial charge in [-0.3, -0.25) is 19.4 Å². The van der Waals surface area contributed by atoms with E-state index >= 15 is 0 Å². The molecule has 57 heavy (non-hydrogen) atoms. The molecule has 4 aromatic rings. The molecule has 2 aliphatic rings. The van der Waals surface area contributed by atoms with Gasteiger partial charge < -0.3 is 10.6 Å². The average Bonchev–Trinajstić information content (AvgIpc) is 3.73. The van der Waals surface area contributed by atoms with Crippen molar-refractivity contribution in [1.29, 1.82) is 0 Å². The number of halogens is 8. The molecule has 2 amide bonds. The van der Waals surface area contributed by atoms with Crippen LogP contribution in [0.5, 0.6) is 0 Å². The monoisotopic (exact) mass is 834 g/mol. The van der Waals surface area contributed by atoms with E-state index in [2.05, 4.69) is 41.2 Å². The van der Waals surface area contributed by atoms with Crippen molar-refractivity contribution in [2.45, 2.75) is 82.5 Å². The highest BCUT2D eigenvalue weighted by Crippen LogP contribution is 2.37. The van der Waals surface area contributed by atoms with Gasteiger partial charge in [0.1, 0.15) is 0 Å². The van der Waals surface area contributed by atoms with Gasteiger partial charge in [0.2, 0.25) is 0 Å². The molecule has 0 bridgehead atoms. The number of hydrogen-bond acceptors (Lipinski definition) is 4. The van der Waals surface area contributed by atoms with E-state index < -0.39 is 40.3 Å². The number of amides is 2. The summed E-state index contributed by atoms with van der Waals surface area (Å²) in [6, 6.07) is 24.7. The number of rotatable bonds is 10. The molecule has 2 fully saturated rings. The predicted octanol–water partition coefficient (Wildman–Crippen LogP) is 11.0. The third-order valence-corrected chi connectivity index (χ3v) is 11.4. The van der Waals surface area contributed by atoms with Crippen LogP contribution in [-0.4, -0.2) is 59.4 Å². The quantitative estimate of drug-likeness (QED) is 0.156. The molecule has 4 aromatic carbocycles. The maximum atomic E-state index is 13.2. The van der Waals surface area contributed by atoms with Crippen LogP contribution in [0.2, 0.25) is 10.0 Å². The maximum absolute atomic E-state index is 13.2. The summed E-state index contributed by atoms with van der Waals surface area (Å²) in [7, 11) is 0. The van der Waals surface area contributed by atoms with Crippen LogP contribution < -0.4 is 10.6 Å². The highest BCUT2D eigenvalue weighted by atomic mass is 35.5. The molecule has 0 aliphatic carbocycles. The van der Waals surface area contributed by atoms with Crippen molar-refractivity contribution < 1.29 is 35.9 Å². The summed E-state index contributed by atoms with van der Waals surface area (Å²) >= 11 is 12.0. The first-order valence-corrected chi connectivity index (χ1v) is 19.5. The fourth-order valence-corrected chi connectivity index (χ4v) is 7.86. The Hall–Kier alpha value is -4.10. The van der Waals surface area contributed by atoms with Crippen molar-refractivity contribution in [3.8, 4) is 0 Å². The maximum Gasteiger partial charge on any atom is 0.417 e. The molecule has 1 unspecified atom stereocenters. The van der Waals surface area contributed by atoms with Gasteiger partial charge in [-0.15, -0.1) is 0 Å². The van der Waals surface area contributed by atoms with E-state index in [0.29, 0.717) is 19.1 Å². The summed E-state index contributed by atoms with van der Waals surface area (Å²) in [6.45, 7) is 9.47. The van der Waals surface area contributed by atoms with Gasteiger partial charge in [0.15, 0.2) is 0 Å². The lowest BCUT2D eigenvalue weighted by Gasteiger charge is -2.35. The van der Waals surface area contributed by atoms with Crippen molar-refractivity contribution in [2.75, 3.05) is 26.2 Å². The number of carbonyl (C=O) groups is 2. The zero-order valence-corrected chi connectivity index (χ0v) is 33.4. The van der Waals surface area contributed by atoms with Crippen molar-refractivity contribution in [2.24, 2.45) is 0 Å². The van der Waals surface area contributed by atoms with Crippen LogP contribution in [0.3, 0.4) is 0 Å². The highest BCUT2D eigenvalue weighted by Gasteiger charge is 2.37. The minimum Gasteiger partial charge on any atom is -0.344 e. The van der Waals surface area contributed by atoms with Gasteiger partial charge in [-0.2, -0.15) is 26.3 Å². The minimum atomic E-state index is -4.62. The van der Waals surface area contributed by atoms with Gasteiger partial charge in [0, 0.05) is 24.7 Å². The van der Waals surface area contributed by atoms with Crippen molar-refractivity contribution >= 4 is 35.0 Å². The molecular weight excluding hydrogens is 789 g/mol. The number of alkyl halides is 6. The molecule has 2 N–H and O–H groups in total. The zero-order valence-electron chi connectivity index (χ0n) is 31.9. The van der Waals surface area contributed by atoms with Gasteiger partial charge in [0.05, 0.1) is 44.4 Å². The lowest BCUT2D eigenvalue weighted by molar-refractivity contribution is -0.138. The lowest BCUT2D eigenvalue weighted by atomic mass is 9.99. The molecule has 0 radical (unpaired) electrons. The van der Waals surface area contributed by atoms with Crippen LogP contribution in [0.25, 0.3) is 0 Å². The predicted molar refractivity (Wildman–Crippen MR) is 211 cm³/mol. The second-order valence-corrected chi connectivity index (χ2v) is 15.9. The molecule has 0 aromatic heterocycles. The van der Waals surface area contributed by atoms with Crippen LogP contribution in [0.1, 0.15) is 102 Å². The topological polar surface area (TPSA) is 64.7 Å². The molecule has 2 heterocycles. The van der Waals surface area contributed by atoms with E-state index in [0.717, 1.165) is 74.2 Å². The standard InChI is InChI=1S/C22H24ClF3N2O.C21H22ClF3N2O/c1-21(2)12-7-13-28(21)14-18(15-8-4-3-5-9-15)27-20(29)16-10-6-11-17(19(16)23)22(24,25)26;1-14-6-5-11-27(14)13-19(15-7-3-2-4-8-15)26-20(28)17-12-16(21(23,24)25)9-10-18(17)22/h3-6,8-11,18H,7,12-14H2,1-2H3,(H,27,29);2-4,7-10,12,14,19H,5-6,11,13H2,1H3,(H,26,28)/t18-;14?,19-/m11/s1. The second-order valence-electron chi connectivity index (χ2n) is 15.1. The van der Waals surface area contributed by atoms with Crippen LogP contribution in [0.4, 0.5) is 26.3 Å². The molecule has 3 atom stereocenters. The molecule has 2 aliphatic heterocycles. The van der Waals surface area contributed by atoms with E-state index in [1.54, 1.807) is 0 Å². The summed E-state index contributed by atoms with van der Waals surface area (Å²) in [6.07, 6.45) is -4.84. The number of benzene rings is 4. The fourth-order valence-electron chi connectivity index (χ4n) is 7.33. The SMILES string of the molecule is CC1(C)CCCN1C[C@@H](NC(=O)c1cccc(C(F)(F)F)c1Cl)c1ccccc1.CC1CCCN1C[C@@H](NC(=O)c1cc(C(F)(F)F)ccc1Cl)c1ccccc1. The first kappa shape index (κ1) is 44.0. The van der Waals surface area contributed by atoms with Crippen molar-refractivity contribution in [3.05, 3.63) is 140 Å². The number of carbonyl (C=O) groups excluding carboxylic acids is 2. The van der Waals surface area contributed by atoms with Crippen molar-refractivity contribution in [3.63, 3.8) is 0 Å². The van der Waals surface area contributed by atoms with Crippen LogP contribution in [0, 0.1) is 0 Å². The Labute approximate surface area is 339 Å². The first-order valence-electron chi connectivity index (χ1n) is 18.8. The molecule has 6 nitrogen and oxygen atoms in total. The lowest BCUT2D eigenvalue weighted by Crippen LogP contribution is -2.44. The van der Waals surface area contributed by atoms with Gasteiger partial charge in [0.25, 0.3) is 11.8 Å². The molecule has 306 valence electrons. The van der Waals surface area contributed by atoms with Gasteiger partial charge in [-0.05, 0) is 101 Å². The van der Waals surface area contributed by atoms with E-state index in [9.17, 15) is 35.9 Å². The highest BCUT2D eigenvalue weighted by molar-refractivity contribution is 6.34. The molecule has 0 saturated carbocycles. The largest absolute Gasteiger partial charge is 0.417 e. The molecule has 2 saturated heterocycles. The molecule has 0 spiro atoms. The Balaban J connectivity index is 0.000000218. The third-order valence-electron chi connectivity index (χ3n) is 10.7. The van der Waals surface area contributed by atoms with E-state index in [-0.39, 0.29) is 33.8 Å². The zero-order chi connectivity index (χ0) is 41.5. The van der Waals surface area contributed by atoms with Crippen molar-refractivity contribution in [1.82, 2.24) is 20.4 Å². The van der Waals surface area contributed by atoms with E-state index in [1.807, 2.05) is 60.7 Å². The Morgan fingerprint density at radius 3 is 1.82 bits per heavy atom. The normalized spacial score (nSPS) is 18.3. The summed E-state index contributed by atoms with van der Waals surface area (Å²) in [5, 5.41) is 5.20. The number of likely N-dealkylation sites (tertiary alicyclic amines) is 2. The Kier molecular flexibility index (Phi) is 14.4. The van der Waals surface area contributed by atoms with E-state index in [1.165, 1.54) is 12.1 Å². The molecule has 14 heteroatoms. The summed E-state index contributed by atoms with van der Waals surface area (Å²) in [5.41, 5.74) is -0.457. The van der Waals surface area contributed by atoms with Gasteiger partial charge in [-0.25, -0.2) is 0 Å². The number of nitrogens with one attached hydrogen (secondary N) is 2. The first-order chi connectivity index (χ1) is 26.8. The molecule has 6 rings (SSSR count). The Morgan fingerprint density at radius 2 is 1.32 bits per heavy atom. The van der Waals surface area contributed by atoms with Gasteiger partial charge >= 0.3 is 12.4 Å². The molecular formula is C43H46Cl2F6N4O2. The fraction of sp³-hybridized carbons (Fsp3) is 0.395. The third kappa shape index (κ3) is 11.5. The van der Waals surface area contributed by atoms with E-state index in [4.69, 9.17) is 23.2 Å². The summed E-state index contributed by atoms with van der Waals surface area (Å²) < 4.78 is 78.5. The average molecular weight is 836 g/mol. The second kappa shape index (κ2) is 18.7. The van der Waals surface area contributed by atoms with Gasteiger partial charge in [-0.1, -0.05) is 89.9 Å². The summed E-state index contributed by atoms with van der Waals surface area (Å²) in [4.78, 5) is 30.3. The van der Waals surface area contributed by atoms with Crippen LogP contribution in [0.15, 0.2) is 97.1 Å². The van der Waals surface area contributed by atoms with Crippen LogP contribution in [-0.2, 0) is 12.4 Å². The summed E-state index contributed by atoms with van der Waals surface area (Å²) in [5.74, 6) is -1.23.